The van der Waals surface area contributed by atoms with Crippen molar-refractivity contribution in [3.63, 3.8) is 0 Å². The molecule has 0 amide bonds. The molecule has 5 rings (SSSR count). The molecule has 0 saturated carbocycles. The summed E-state index contributed by atoms with van der Waals surface area (Å²) in [4.78, 5) is 0. The molecule has 0 unspecified atom stereocenters. The van der Waals surface area contributed by atoms with Crippen LogP contribution in [0.4, 0.5) is 0 Å². The zero-order valence-corrected chi connectivity index (χ0v) is 26.3. The van der Waals surface area contributed by atoms with E-state index in [4.69, 9.17) is 18.9 Å². The van der Waals surface area contributed by atoms with Crippen LogP contribution in [-0.2, 0) is 12.3 Å². The van der Waals surface area contributed by atoms with Crippen molar-refractivity contribution >= 4 is 37.1 Å². The van der Waals surface area contributed by atoms with E-state index in [1.807, 2.05) is 24.3 Å². The molecule has 5 aromatic carbocycles. The third-order valence-electron chi connectivity index (χ3n) is 7.28. The Labute approximate surface area is 251 Å². The maximum atomic E-state index is 5.87. The average Bonchev–Trinajstić information content (AvgIpc) is 3.06. The molecule has 0 saturated heterocycles. The van der Waals surface area contributed by atoms with E-state index >= 15 is 0 Å². The second-order valence-electron chi connectivity index (χ2n) is 9.63. The molecule has 0 aliphatic carbocycles. The predicted octanol–water partition coefficient (Wildman–Crippen LogP) is 6.99. The lowest BCUT2D eigenvalue weighted by Crippen LogP contribution is -2.19. The summed E-state index contributed by atoms with van der Waals surface area (Å²) in [7, 11) is 5.30. The van der Waals surface area contributed by atoms with E-state index in [1.165, 1.54) is 32.3 Å². The normalized spacial score (nSPS) is 11.0. The van der Waals surface area contributed by atoms with Gasteiger partial charge in [-0.25, -0.2) is 0 Å². The second kappa shape index (κ2) is 14.4. The van der Waals surface area contributed by atoms with Crippen LogP contribution >= 0.6 is 15.8 Å². The Bertz CT molecular complexity index is 1400. The first-order valence-corrected chi connectivity index (χ1v) is 16.9. The van der Waals surface area contributed by atoms with Gasteiger partial charge < -0.3 is 18.9 Å². The molecule has 0 aliphatic rings. The molecule has 0 radical (unpaired) electrons. The van der Waals surface area contributed by atoms with Crippen molar-refractivity contribution in [3.05, 3.63) is 132 Å². The number of ether oxygens (including phenoxy) is 4. The summed E-state index contributed by atoms with van der Waals surface area (Å²) < 4.78 is 23.5. The Morgan fingerprint density at radius 1 is 0.357 bits per heavy atom. The van der Waals surface area contributed by atoms with Gasteiger partial charge in [-0.05, 0) is 51.2 Å². The summed E-state index contributed by atoms with van der Waals surface area (Å²) in [6.07, 6.45) is 1.71. The first-order valence-electron chi connectivity index (χ1n) is 13.8. The highest BCUT2D eigenvalue weighted by Crippen LogP contribution is 2.47. The fraction of sp³-hybridized carbons (Fsp3) is 0.167. The fourth-order valence-electron chi connectivity index (χ4n) is 5.22. The number of rotatable bonds is 12. The Kier molecular flexibility index (Phi) is 10.1. The number of methoxy groups -OCH3 is 4. The molecule has 214 valence electrons. The zero-order valence-electron chi connectivity index (χ0n) is 24.5. The Morgan fingerprint density at radius 2 is 0.595 bits per heavy atom. The number of benzene rings is 5. The van der Waals surface area contributed by atoms with E-state index in [0.29, 0.717) is 0 Å². The van der Waals surface area contributed by atoms with Crippen LogP contribution in [0.5, 0.6) is 23.0 Å². The van der Waals surface area contributed by atoms with Crippen LogP contribution in [0.3, 0.4) is 0 Å². The highest BCUT2D eigenvalue weighted by molar-refractivity contribution is 7.73. The van der Waals surface area contributed by atoms with Crippen molar-refractivity contribution < 1.29 is 18.9 Å². The summed E-state index contributed by atoms with van der Waals surface area (Å²) in [6.45, 7) is 0. The SMILES string of the molecule is COc1ccccc1P(Cc1ccccc1CP(c1ccccc1OC)c1ccccc1OC)c1ccccc1OC. The number of para-hydroxylation sites is 4. The first-order chi connectivity index (χ1) is 20.7. The van der Waals surface area contributed by atoms with Gasteiger partial charge in [0.2, 0.25) is 0 Å². The minimum absolute atomic E-state index is 0.841. The summed E-state index contributed by atoms with van der Waals surface area (Å²) in [5.74, 6) is 3.60. The van der Waals surface area contributed by atoms with Crippen LogP contribution in [0.25, 0.3) is 0 Å². The molecule has 0 aromatic heterocycles. The minimum atomic E-state index is -0.841. The van der Waals surface area contributed by atoms with Gasteiger partial charge in [0.05, 0.1) is 28.4 Å². The smallest absolute Gasteiger partial charge is 0.126 e. The van der Waals surface area contributed by atoms with Crippen LogP contribution in [0.2, 0.25) is 0 Å². The predicted molar refractivity (Wildman–Crippen MR) is 178 cm³/mol. The number of hydrogen-bond acceptors (Lipinski definition) is 4. The van der Waals surface area contributed by atoms with Crippen LogP contribution in [-0.4, -0.2) is 28.4 Å². The Hall–Kier alpha value is -3.84. The van der Waals surface area contributed by atoms with Gasteiger partial charge >= 0.3 is 0 Å². The molecule has 0 atom stereocenters. The minimum Gasteiger partial charge on any atom is -0.496 e. The van der Waals surface area contributed by atoms with Crippen LogP contribution in [0, 0.1) is 0 Å². The van der Waals surface area contributed by atoms with Crippen LogP contribution in [0.1, 0.15) is 11.1 Å². The lowest BCUT2D eigenvalue weighted by atomic mass is 10.1. The van der Waals surface area contributed by atoms with Gasteiger partial charge in [0.1, 0.15) is 23.0 Å². The Morgan fingerprint density at radius 3 is 0.857 bits per heavy atom. The van der Waals surface area contributed by atoms with Gasteiger partial charge in [-0.1, -0.05) is 97.1 Å². The van der Waals surface area contributed by atoms with Gasteiger partial charge in [0, 0.05) is 33.5 Å². The zero-order chi connectivity index (χ0) is 29.3. The molecule has 0 aliphatic heterocycles. The standard InChI is InChI=1S/C36H36O4P2/c1-37-29-17-7-11-21-33(29)41(34-22-12-8-18-30(34)38-2)25-27-15-5-6-16-28(27)26-42(35-23-13-9-19-31(35)39-3)36-24-14-10-20-32(36)40-4/h5-24H,25-26H2,1-4H3. The van der Waals surface area contributed by atoms with Crippen molar-refractivity contribution in [1.29, 1.82) is 0 Å². The van der Waals surface area contributed by atoms with Crippen molar-refractivity contribution in [3.8, 4) is 23.0 Å². The van der Waals surface area contributed by atoms with Gasteiger partial charge in [-0.3, -0.25) is 0 Å². The van der Waals surface area contributed by atoms with E-state index in [-0.39, 0.29) is 0 Å². The molecule has 5 aromatic rings. The lowest BCUT2D eigenvalue weighted by molar-refractivity contribution is 0.417. The van der Waals surface area contributed by atoms with Gasteiger partial charge in [-0.2, -0.15) is 0 Å². The molecular weight excluding hydrogens is 558 g/mol. The van der Waals surface area contributed by atoms with Gasteiger partial charge in [0.15, 0.2) is 0 Å². The van der Waals surface area contributed by atoms with Gasteiger partial charge in [-0.15, -0.1) is 0 Å². The maximum Gasteiger partial charge on any atom is 0.126 e. The van der Waals surface area contributed by atoms with E-state index in [1.54, 1.807) is 28.4 Å². The first kappa shape index (κ1) is 29.6. The monoisotopic (exact) mass is 594 g/mol. The third-order valence-corrected chi connectivity index (χ3v) is 12.4. The molecule has 6 heteroatoms. The van der Waals surface area contributed by atoms with E-state index < -0.39 is 15.8 Å². The largest absolute Gasteiger partial charge is 0.496 e. The topological polar surface area (TPSA) is 36.9 Å². The molecule has 0 N–H and O–H groups in total. The molecule has 0 spiro atoms. The Balaban J connectivity index is 1.62. The summed E-state index contributed by atoms with van der Waals surface area (Å²) >= 11 is 0. The maximum absolute atomic E-state index is 5.87. The molecule has 0 fully saturated rings. The molecule has 4 nitrogen and oxygen atoms in total. The molecule has 42 heavy (non-hydrogen) atoms. The fourth-order valence-corrected chi connectivity index (χ4v) is 10.5. The molecule has 0 bridgehead atoms. The van der Waals surface area contributed by atoms with Crippen molar-refractivity contribution in [2.75, 3.05) is 28.4 Å². The molecule has 0 heterocycles. The second-order valence-corrected chi connectivity index (χ2v) is 13.9. The summed E-state index contributed by atoms with van der Waals surface area (Å²) in [5.41, 5.74) is 2.63. The quantitative estimate of drug-likeness (QED) is 0.146. The number of hydrogen-bond donors (Lipinski definition) is 0. The summed E-state index contributed by atoms with van der Waals surface area (Å²) in [6, 6.07) is 42.3. The third kappa shape index (κ3) is 6.46. The van der Waals surface area contributed by atoms with E-state index in [0.717, 1.165) is 35.3 Å². The molecular formula is C36H36O4P2. The summed E-state index contributed by atoms with van der Waals surface area (Å²) in [5, 5.41) is 4.80. The van der Waals surface area contributed by atoms with Crippen LogP contribution in [0.15, 0.2) is 121 Å². The van der Waals surface area contributed by atoms with Crippen LogP contribution < -0.4 is 40.2 Å². The van der Waals surface area contributed by atoms with Crippen molar-refractivity contribution in [1.82, 2.24) is 0 Å². The van der Waals surface area contributed by atoms with Gasteiger partial charge in [0.25, 0.3) is 0 Å². The lowest BCUT2D eigenvalue weighted by Gasteiger charge is -2.26. The average molecular weight is 595 g/mol. The van der Waals surface area contributed by atoms with Crippen molar-refractivity contribution in [2.45, 2.75) is 12.3 Å². The van der Waals surface area contributed by atoms with E-state index in [2.05, 4.69) is 97.1 Å². The van der Waals surface area contributed by atoms with E-state index in [9.17, 15) is 0 Å². The highest BCUT2D eigenvalue weighted by atomic mass is 31.1. The van der Waals surface area contributed by atoms with Crippen molar-refractivity contribution in [2.24, 2.45) is 0 Å². The highest BCUT2D eigenvalue weighted by Gasteiger charge is 2.26.